The Bertz CT molecular complexity index is 879. The molecule has 190 valence electrons. The van der Waals surface area contributed by atoms with Crippen LogP contribution < -0.4 is 0 Å². The number of aliphatic hydroxyl groups excluding tert-OH is 1. The normalized spacial score (nSPS) is 55.5. The van der Waals surface area contributed by atoms with Crippen LogP contribution in [0, 0.1) is 28.6 Å². The minimum absolute atomic E-state index is 0.0132. The molecular formula is C25H37O8P. The van der Waals surface area contributed by atoms with Gasteiger partial charge < -0.3 is 38.1 Å². The van der Waals surface area contributed by atoms with Gasteiger partial charge in [-0.15, -0.1) is 0 Å². The highest BCUT2D eigenvalue weighted by molar-refractivity contribution is 7.09. The molecule has 3 aliphatic heterocycles. The van der Waals surface area contributed by atoms with Crippen LogP contribution in [0.15, 0.2) is 11.6 Å². The molecule has 3 saturated heterocycles. The average molecular weight is 497 g/mol. The molecule has 5 unspecified atom stereocenters. The largest absolute Gasteiger partial charge is 0.388 e. The lowest BCUT2D eigenvalue weighted by Crippen LogP contribution is -2.67. The van der Waals surface area contributed by atoms with Crippen molar-refractivity contribution in [2.24, 2.45) is 28.6 Å². The van der Waals surface area contributed by atoms with Crippen molar-refractivity contribution in [2.45, 2.75) is 81.8 Å². The van der Waals surface area contributed by atoms with Crippen molar-refractivity contribution in [3.8, 4) is 0 Å². The lowest BCUT2D eigenvalue weighted by molar-refractivity contribution is -0.257. The molecule has 1 N–H and O–H groups in total. The van der Waals surface area contributed by atoms with E-state index in [2.05, 4.69) is 29.4 Å². The Labute approximate surface area is 203 Å². The molecule has 9 heteroatoms. The molecule has 3 heterocycles. The summed E-state index contributed by atoms with van der Waals surface area (Å²) in [6.45, 7) is 6.59. The fourth-order valence-electron chi connectivity index (χ4n) is 9.30. The van der Waals surface area contributed by atoms with Crippen LogP contribution in [0.5, 0.6) is 0 Å². The van der Waals surface area contributed by atoms with Crippen LogP contribution >= 0.6 is 9.47 Å². The molecule has 6 fully saturated rings. The minimum Gasteiger partial charge on any atom is -0.388 e. The second-order valence-electron chi connectivity index (χ2n) is 12.0. The first-order valence-corrected chi connectivity index (χ1v) is 13.3. The van der Waals surface area contributed by atoms with Crippen molar-refractivity contribution < 1.29 is 38.1 Å². The van der Waals surface area contributed by atoms with E-state index in [-0.39, 0.29) is 36.9 Å². The van der Waals surface area contributed by atoms with Crippen molar-refractivity contribution >= 4 is 9.47 Å². The zero-order chi connectivity index (χ0) is 23.4. The van der Waals surface area contributed by atoms with E-state index in [4.69, 9.17) is 32.9 Å². The van der Waals surface area contributed by atoms with Gasteiger partial charge >= 0.3 is 0 Å². The average Bonchev–Trinajstić information content (AvgIpc) is 3.61. The maximum absolute atomic E-state index is 11.9. The van der Waals surface area contributed by atoms with Gasteiger partial charge in [0.2, 0.25) is 5.79 Å². The van der Waals surface area contributed by atoms with E-state index in [1.165, 1.54) is 5.57 Å². The van der Waals surface area contributed by atoms with E-state index in [0.29, 0.717) is 25.7 Å². The maximum Gasteiger partial charge on any atom is 0.226 e. The smallest absolute Gasteiger partial charge is 0.226 e. The molecule has 3 spiro atoms. The molecule has 0 amide bonds. The number of ether oxygens (including phenoxy) is 6. The van der Waals surface area contributed by atoms with E-state index < -0.39 is 28.7 Å². The molecule has 34 heavy (non-hydrogen) atoms. The van der Waals surface area contributed by atoms with Crippen molar-refractivity contribution in [3.05, 3.63) is 11.6 Å². The summed E-state index contributed by atoms with van der Waals surface area (Å²) in [5.41, 5.74) is 0.00528. The molecule has 10 atom stereocenters. The van der Waals surface area contributed by atoms with Crippen LogP contribution in [0.25, 0.3) is 0 Å². The summed E-state index contributed by atoms with van der Waals surface area (Å²) in [7, 11) is 2.53. The second-order valence-corrected chi connectivity index (χ2v) is 12.2. The predicted octanol–water partition coefficient (Wildman–Crippen LogP) is 2.89. The summed E-state index contributed by atoms with van der Waals surface area (Å²) in [4.78, 5) is 0. The van der Waals surface area contributed by atoms with Crippen LogP contribution in [-0.4, -0.2) is 67.9 Å². The Morgan fingerprint density at radius 3 is 2.56 bits per heavy atom. The van der Waals surface area contributed by atoms with Gasteiger partial charge in [0, 0.05) is 33.6 Å². The summed E-state index contributed by atoms with van der Waals surface area (Å²) >= 11 is 0. The molecular weight excluding hydrogens is 459 g/mol. The van der Waals surface area contributed by atoms with Gasteiger partial charge in [0.05, 0.1) is 25.4 Å². The van der Waals surface area contributed by atoms with Crippen LogP contribution in [0.2, 0.25) is 0 Å². The van der Waals surface area contributed by atoms with Gasteiger partial charge in [0.1, 0.15) is 12.2 Å². The monoisotopic (exact) mass is 496 g/mol. The fraction of sp³-hybridized carbons (Fsp3) is 0.920. The van der Waals surface area contributed by atoms with Gasteiger partial charge in [0.25, 0.3) is 0 Å². The first kappa shape index (κ1) is 23.0. The van der Waals surface area contributed by atoms with Gasteiger partial charge in [0.15, 0.2) is 19.4 Å². The summed E-state index contributed by atoms with van der Waals surface area (Å²) in [6.07, 6.45) is 6.92. The van der Waals surface area contributed by atoms with Gasteiger partial charge in [-0.25, -0.2) is 0 Å². The first-order chi connectivity index (χ1) is 16.3. The number of hydrogen-bond donors (Lipinski definition) is 1. The standard InChI is InChI=1S/C25H37O8P/c1-21-5-6-23(28-7-8-29-23)11-15(21)9-18(33-34)20-16-3-4-24(22(16,2)19(26)10-17(20)21)25(32-14-30-24)12-27-13-31-25/h10,15-16,18-20,26H,3-9,11-14,34H2,1-2H3/t15-,16?,18-,19?,20?,21+,22-,24-,25?/m1/s1. The van der Waals surface area contributed by atoms with E-state index in [1.807, 2.05) is 0 Å². The van der Waals surface area contributed by atoms with E-state index in [0.717, 1.165) is 38.5 Å². The lowest BCUT2D eigenvalue weighted by atomic mass is 9.46. The minimum atomic E-state index is -0.963. The molecule has 0 radical (unpaired) electrons. The Balaban J connectivity index is 1.31. The highest BCUT2D eigenvalue weighted by Crippen LogP contribution is 2.71. The first-order valence-electron chi connectivity index (χ1n) is 12.9. The Morgan fingerprint density at radius 2 is 1.82 bits per heavy atom. The zero-order valence-corrected chi connectivity index (χ0v) is 21.3. The predicted molar refractivity (Wildman–Crippen MR) is 122 cm³/mol. The molecule has 0 aromatic carbocycles. The zero-order valence-electron chi connectivity index (χ0n) is 20.1. The molecule has 0 aromatic heterocycles. The van der Waals surface area contributed by atoms with Gasteiger partial charge in [-0.1, -0.05) is 25.5 Å². The SMILES string of the molecule is C[C@]12C(O)C=C3C(C1CC[C@@]21OCOC12COCO2)[C@H](OP)C[C@@H]1CC2(CC[C@]31C)OCCO2. The topological polar surface area (TPSA) is 84.8 Å². The number of aliphatic hydroxyl groups is 1. The van der Waals surface area contributed by atoms with Crippen molar-refractivity contribution in [1.29, 1.82) is 0 Å². The molecule has 4 aliphatic carbocycles. The molecule has 0 bridgehead atoms. The van der Waals surface area contributed by atoms with E-state index >= 15 is 0 Å². The third-order valence-electron chi connectivity index (χ3n) is 11.1. The van der Waals surface area contributed by atoms with Crippen LogP contribution in [0.4, 0.5) is 0 Å². The van der Waals surface area contributed by atoms with E-state index in [1.54, 1.807) is 0 Å². The molecule has 7 rings (SSSR count). The summed E-state index contributed by atoms with van der Waals surface area (Å²) in [6, 6.07) is 0. The highest BCUT2D eigenvalue weighted by Gasteiger charge is 2.78. The Hall–Kier alpha value is -0.150. The third-order valence-corrected chi connectivity index (χ3v) is 11.5. The van der Waals surface area contributed by atoms with Crippen molar-refractivity contribution in [2.75, 3.05) is 33.4 Å². The van der Waals surface area contributed by atoms with Crippen LogP contribution in [0.1, 0.15) is 52.4 Å². The van der Waals surface area contributed by atoms with E-state index in [9.17, 15) is 5.11 Å². The number of rotatable bonds is 1. The number of hydrogen-bond acceptors (Lipinski definition) is 8. The molecule has 7 aliphatic rings. The summed E-state index contributed by atoms with van der Waals surface area (Å²) < 4.78 is 42.6. The quantitative estimate of drug-likeness (QED) is 0.438. The molecule has 0 aromatic rings. The summed E-state index contributed by atoms with van der Waals surface area (Å²) in [5.74, 6) is -0.639. The Kier molecular flexibility index (Phi) is 5.04. The highest BCUT2D eigenvalue weighted by atomic mass is 31.0. The maximum atomic E-state index is 11.9. The fourth-order valence-corrected chi connectivity index (χ4v) is 9.58. The number of fused-ring (bicyclic) bond motifs is 7. The molecule has 3 saturated carbocycles. The molecule has 8 nitrogen and oxygen atoms in total. The third kappa shape index (κ3) is 2.61. The lowest BCUT2D eigenvalue weighted by Gasteiger charge is -2.61. The second kappa shape index (κ2) is 7.46. The van der Waals surface area contributed by atoms with Gasteiger partial charge in [-0.3, -0.25) is 0 Å². The van der Waals surface area contributed by atoms with Crippen molar-refractivity contribution in [1.82, 2.24) is 0 Å². The summed E-state index contributed by atoms with van der Waals surface area (Å²) in [5, 5.41) is 11.9. The van der Waals surface area contributed by atoms with Crippen LogP contribution in [0.3, 0.4) is 0 Å². The van der Waals surface area contributed by atoms with Gasteiger partial charge in [-0.2, -0.15) is 0 Å². The van der Waals surface area contributed by atoms with Crippen molar-refractivity contribution in [3.63, 3.8) is 0 Å². The van der Waals surface area contributed by atoms with Gasteiger partial charge in [-0.05, 0) is 42.9 Å². The Morgan fingerprint density at radius 1 is 1.03 bits per heavy atom. The van der Waals surface area contributed by atoms with Crippen LogP contribution in [-0.2, 0) is 32.9 Å².